The van der Waals surface area contributed by atoms with Crippen LogP contribution < -0.4 is 14.8 Å². The molecule has 0 saturated carbocycles. The van der Waals surface area contributed by atoms with Crippen molar-refractivity contribution < 1.29 is 14.3 Å². The summed E-state index contributed by atoms with van der Waals surface area (Å²) >= 11 is 0. The highest BCUT2D eigenvalue weighted by molar-refractivity contribution is 5.88. The van der Waals surface area contributed by atoms with Crippen molar-refractivity contribution in [2.45, 2.75) is 25.7 Å². The minimum Gasteiger partial charge on any atom is -0.497 e. The van der Waals surface area contributed by atoms with Gasteiger partial charge in [0.2, 0.25) is 5.91 Å². The van der Waals surface area contributed by atoms with Gasteiger partial charge in [-0.2, -0.15) is 0 Å². The van der Waals surface area contributed by atoms with Gasteiger partial charge in [0.05, 0.1) is 19.6 Å². The Morgan fingerprint density at radius 3 is 2.29 bits per heavy atom. The molecule has 0 bridgehead atoms. The summed E-state index contributed by atoms with van der Waals surface area (Å²) < 4.78 is 10.5. The van der Waals surface area contributed by atoms with Crippen LogP contribution in [0.2, 0.25) is 0 Å². The Kier molecular flexibility index (Phi) is 5.85. The Morgan fingerprint density at radius 1 is 1.00 bits per heavy atom. The third-order valence-corrected chi connectivity index (χ3v) is 4.21. The molecule has 2 aromatic rings. The number of para-hydroxylation sites is 1. The van der Waals surface area contributed by atoms with E-state index >= 15 is 0 Å². The fourth-order valence-electron chi connectivity index (χ4n) is 2.62. The minimum atomic E-state index is -0.660. The van der Waals surface area contributed by atoms with Gasteiger partial charge in [-0.1, -0.05) is 30.3 Å². The third kappa shape index (κ3) is 4.07. The molecule has 0 aliphatic carbocycles. The molecular weight excluding hydrogens is 302 g/mol. The van der Waals surface area contributed by atoms with Gasteiger partial charge in [0, 0.05) is 12.1 Å². The summed E-state index contributed by atoms with van der Waals surface area (Å²) in [5, 5.41) is 3.02. The second-order valence-corrected chi connectivity index (χ2v) is 6.18. The first-order chi connectivity index (χ1) is 11.5. The first kappa shape index (κ1) is 17.9. The van der Waals surface area contributed by atoms with E-state index in [0.717, 1.165) is 29.0 Å². The highest BCUT2D eigenvalue weighted by Crippen LogP contribution is 2.31. The first-order valence-corrected chi connectivity index (χ1v) is 8.03. The van der Waals surface area contributed by atoms with Gasteiger partial charge in [-0.3, -0.25) is 4.79 Å². The molecule has 0 fully saturated rings. The van der Waals surface area contributed by atoms with Crippen molar-refractivity contribution in [3.05, 3.63) is 59.7 Å². The van der Waals surface area contributed by atoms with Gasteiger partial charge in [0.25, 0.3) is 0 Å². The molecule has 0 aliphatic heterocycles. The largest absolute Gasteiger partial charge is 0.497 e. The number of carbonyl (C=O) groups is 1. The number of amides is 1. The van der Waals surface area contributed by atoms with E-state index in [1.54, 1.807) is 14.2 Å². The van der Waals surface area contributed by atoms with Crippen LogP contribution in [0.3, 0.4) is 0 Å². The second kappa shape index (κ2) is 7.86. The molecule has 0 aromatic heterocycles. The van der Waals surface area contributed by atoms with Crippen molar-refractivity contribution in [3.63, 3.8) is 0 Å². The van der Waals surface area contributed by atoms with Gasteiger partial charge in [0.1, 0.15) is 11.5 Å². The first-order valence-electron chi connectivity index (χ1n) is 8.03. The maximum absolute atomic E-state index is 12.6. The molecule has 1 N–H and O–H groups in total. The average Bonchev–Trinajstić information content (AvgIpc) is 2.62. The Hall–Kier alpha value is -2.49. The average molecular weight is 327 g/mol. The summed E-state index contributed by atoms with van der Waals surface area (Å²) in [6, 6.07) is 15.5. The maximum atomic E-state index is 12.6. The van der Waals surface area contributed by atoms with E-state index in [1.807, 2.05) is 62.4 Å². The Balaban J connectivity index is 1.97. The van der Waals surface area contributed by atoms with Crippen LogP contribution in [0.4, 0.5) is 0 Å². The van der Waals surface area contributed by atoms with Gasteiger partial charge in [0.15, 0.2) is 0 Å². The van der Waals surface area contributed by atoms with Crippen molar-refractivity contribution >= 4 is 5.91 Å². The molecule has 2 aromatic carbocycles. The van der Waals surface area contributed by atoms with Crippen LogP contribution in [-0.2, 0) is 16.6 Å². The number of nitrogens with one attached hydrogen (secondary N) is 1. The zero-order chi connectivity index (χ0) is 17.6. The molecule has 0 heterocycles. The zero-order valence-electron chi connectivity index (χ0n) is 14.8. The molecule has 4 heteroatoms. The summed E-state index contributed by atoms with van der Waals surface area (Å²) in [5.41, 5.74) is 1.38. The predicted molar refractivity (Wildman–Crippen MR) is 95.7 cm³/mol. The van der Waals surface area contributed by atoms with Crippen molar-refractivity contribution in [1.82, 2.24) is 5.32 Å². The maximum Gasteiger partial charge on any atom is 0.230 e. The number of benzene rings is 2. The van der Waals surface area contributed by atoms with Crippen LogP contribution in [-0.4, -0.2) is 26.7 Å². The number of ether oxygens (including phenoxy) is 2. The number of hydrogen-bond donors (Lipinski definition) is 1. The lowest BCUT2D eigenvalue weighted by atomic mass is 9.83. The summed E-state index contributed by atoms with van der Waals surface area (Å²) in [6.45, 7) is 4.41. The fraction of sp³-hybridized carbons (Fsp3) is 0.350. The van der Waals surface area contributed by atoms with E-state index < -0.39 is 5.41 Å². The zero-order valence-corrected chi connectivity index (χ0v) is 14.8. The minimum absolute atomic E-state index is 0.0134. The highest BCUT2D eigenvalue weighted by Gasteiger charge is 2.32. The van der Waals surface area contributed by atoms with Crippen molar-refractivity contribution in [2.75, 3.05) is 20.8 Å². The smallest absolute Gasteiger partial charge is 0.230 e. The lowest BCUT2D eigenvalue weighted by Gasteiger charge is -2.26. The quantitative estimate of drug-likeness (QED) is 0.848. The van der Waals surface area contributed by atoms with Crippen molar-refractivity contribution in [1.29, 1.82) is 0 Å². The molecule has 0 saturated heterocycles. The topological polar surface area (TPSA) is 47.6 Å². The summed E-state index contributed by atoms with van der Waals surface area (Å²) in [5.74, 6) is 1.55. The number of rotatable bonds is 7. The van der Waals surface area contributed by atoms with E-state index in [0.29, 0.717) is 6.54 Å². The predicted octanol–water partition coefficient (Wildman–Crippen LogP) is 3.34. The Labute approximate surface area is 143 Å². The molecule has 1 amide bonds. The standard InChI is InChI=1S/C20H25NO3/c1-20(2,17-7-5-6-8-18(17)24-4)19(22)21-14-13-15-9-11-16(23-3)12-10-15/h5-12H,13-14H2,1-4H3,(H,21,22). The Bertz CT molecular complexity index is 678. The van der Waals surface area contributed by atoms with Crippen LogP contribution in [0.15, 0.2) is 48.5 Å². The van der Waals surface area contributed by atoms with Crippen molar-refractivity contribution in [3.8, 4) is 11.5 Å². The molecule has 0 radical (unpaired) electrons. The molecule has 4 nitrogen and oxygen atoms in total. The molecule has 128 valence electrons. The Morgan fingerprint density at radius 2 is 1.67 bits per heavy atom. The van der Waals surface area contributed by atoms with E-state index in [9.17, 15) is 4.79 Å². The molecule has 0 aliphatic rings. The normalized spacial score (nSPS) is 11.0. The molecule has 0 spiro atoms. The van der Waals surface area contributed by atoms with E-state index in [2.05, 4.69) is 5.32 Å². The summed E-state index contributed by atoms with van der Waals surface area (Å²) in [7, 11) is 3.27. The van der Waals surface area contributed by atoms with E-state index in [1.165, 1.54) is 0 Å². The van der Waals surface area contributed by atoms with Crippen LogP contribution in [0.5, 0.6) is 11.5 Å². The monoisotopic (exact) mass is 327 g/mol. The SMILES string of the molecule is COc1ccc(CCNC(=O)C(C)(C)c2ccccc2OC)cc1. The van der Waals surface area contributed by atoms with Gasteiger partial charge >= 0.3 is 0 Å². The molecular formula is C20H25NO3. The molecule has 2 rings (SSSR count). The lowest BCUT2D eigenvalue weighted by Crippen LogP contribution is -2.41. The van der Waals surface area contributed by atoms with Gasteiger partial charge in [-0.05, 0) is 44.0 Å². The fourth-order valence-corrected chi connectivity index (χ4v) is 2.62. The van der Waals surface area contributed by atoms with Crippen molar-refractivity contribution in [2.24, 2.45) is 0 Å². The summed E-state index contributed by atoms with van der Waals surface area (Å²) in [6.07, 6.45) is 0.776. The van der Waals surface area contributed by atoms with Crippen LogP contribution in [0, 0.1) is 0 Å². The number of carbonyl (C=O) groups excluding carboxylic acids is 1. The van der Waals surface area contributed by atoms with Gasteiger partial charge in [-0.15, -0.1) is 0 Å². The highest BCUT2D eigenvalue weighted by atomic mass is 16.5. The van der Waals surface area contributed by atoms with E-state index in [-0.39, 0.29) is 5.91 Å². The van der Waals surface area contributed by atoms with E-state index in [4.69, 9.17) is 9.47 Å². The van der Waals surface area contributed by atoms with Gasteiger partial charge in [-0.25, -0.2) is 0 Å². The number of hydrogen-bond acceptors (Lipinski definition) is 3. The van der Waals surface area contributed by atoms with Crippen LogP contribution >= 0.6 is 0 Å². The van der Waals surface area contributed by atoms with Gasteiger partial charge < -0.3 is 14.8 Å². The second-order valence-electron chi connectivity index (χ2n) is 6.18. The number of methoxy groups -OCH3 is 2. The van der Waals surface area contributed by atoms with Crippen LogP contribution in [0.25, 0.3) is 0 Å². The van der Waals surface area contributed by atoms with Crippen LogP contribution in [0.1, 0.15) is 25.0 Å². The molecule has 0 atom stereocenters. The molecule has 24 heavy (non-hydrogen) atoms. The summed E-state index contributed by atoms with van der Waals surface area (Å²) in [4.78, 5) is 12.6. The molecule has 0 unspecified atom stereocenters. The lowest BCUT2D eigenvalue weighted by molar-refractivity contribution is -0.125. The third-order valence-electron chi connectivity index (χ3n) is 4.21.